The molecule has 0 fully saturated rings. The Bertz CT molecular complexity index is 1870. The van der Waals surface area contributed by atoms with Crippen molar-refractivity contribution in [1.82, 2.24) is 0 Å². The third-order valence-corrected chi connectivity index (χ3v) is 9.52. The second-order valence-corrected chi connectivity index (χ2v) is 13.0. The van der Waals surface area contributed by atoms with Crippen molar-refractivity contribution in [1.29, 1.82) is 0 Å². The summed E-state index contributed by atoms with van der Waals surface area (Å²) in [5.41, 5.74) is 5.13. The highest BCUT2D eigenvalue weighted by atomic mass is 32.2. The summed E-state index contributed by atoms with van der Waals surface area (Å²) in [6.45, 7) is 0.334. The molecule has 0 bridgehead atoms. The topological polar surface area (TPSA) is 43.4 Å². The molecular weight excluding hydrogens is 659 g/mol. The Morgan fingerprint density at radius 2 is 1.21 bits per heavy atom. The second kappa shape index (κ2) is 12.4. The van der Waals surface area contributed by atoms with E-state index in [1.54, 1.807) is 6.07 Å². The molecule has 0 heterocycles. The molecule has 4 aromatic carbocycles. The molecule has 0 spiro atoms. The van der Waals surface area contributed by atoms with Crippen LogP contribution in [0.15, 0.2) is 103 Å². The predicted molar refractivity (Wildman–Crippen MR) is 158 cm³/mol. The first-order valence-electron chi connectivity index (χ1n) is 14.1. The molecular formula is C34H25F9O3S. The zero-order chi connectivity index (χ0) is 34.3. The van der Waals surface area contributed by atoms with E-state index in [-0.39, 0.29) is 0 Å². The number of rotatable bonds is 10. The minimum absolute atomic E-state index is 0.334. The maximum Gasteiger partial charge on any atom is 0.460 e. The van der Waals surface area contributed by atoms with Crippen LogP contribution >= 0.6 is 0 Å². The lowest BCUT2D eigenvalue weighted by Crippen LogP contribution is -2.63. The Labute approximate surface area is 264 Å². The molecule has 248 valence electrons. The van der Waals surface area contributed by atoms with Crippen molar-refractivity contribution >= 4 is 21.0 Å². The van der Waals surface area contributed by atoms with Gasteiger partial charge < -0.3 is 4.74 Å². The number of aryl methyl sites for hydroxylation is 1. The van der Waals surface area contributed by atoms with E-state index in [1.807, 2.05) is 72.8 Å². The first kappa shape index (κ1) is 34.1. The summed E-state index contributed by atoms with van der Waals surface area (Å²) < 4.78 is 151. The molecule has 0 amide bonds. The van der Waals surface area contributed by atoms with Gasteiger partial charge in [-0.3, -0.25) is 0 Å². The summed E-state index contributed by atoms with van der Waals surface area (Å²) in [6.07, 6.45) is -5.93. The van der Waals surface area contributed by atoms with Gasteiger partial charge in [0.2, 0.25) is 9.84 Å². The van der Waals surface area contributed by atoms with Crippen LogP contribution in [0.25, 0.3) is 11.1 Å². The van der Waals surface area contributed by atoms with Crippen molar-refractivity contribution in [2.45, 2.75) is 48.5 Å². The van der Waals surface area contributed by atoms with Crippen LogP contribution < -0.4 is 4.74 Å². The average molecular weight is 685 g/mol. The van der Waals surface area contributed by atoms with Crippen molar-refractivity contribution in [3.8, 4) is 5.75 Å². The molecule has 0 atom stereocenters. The third-order valence-electron chi connectivity index (χ3n) is 7.77. The van der Waals surface area contributed by atoms with Crippen LogP contribution in [0.5, 0.6) is 5.75 Å². The SMILES string of the molecule is O=S(=O)(Cc1ccc(C2=C(c3ccccc3)CCc3cc(OCc4ccccc4)ccc32)cc1)C(F)(F)C(F)(F)C(F)(F)C(F)(F)F. The number of benzene rings is 4. The van der Waals surface area contributed by atoms with Gasteiger partial charge in [-0.1, -0.05) is 91.0 Å². The molecule has 0 saturated heterocycles. The van der Waals surface area contributed by atoms with Crippen LogP contribution in [0.2, 0.25) is 0 Å². The minimum atomic E-state index is -7.32. The van der Waals surface area contributed by atoms with Crippen LogP contribution in [0.1, 0.15) is 39.8 Å². The molecule has 0 aliphatic heterocycles. The summed E-state index contributed by atoms with van der Waals surface area (Å²) >= 11 is 0. The quantitative estimate of drug-likeness (QED) is 0.156. The van der Waals surface area contributed by atoms with Gasteiger partial charge >= 0.3 is 23.3 Å². The smallest absolute Gasteiger partial charge is 0.460 e. The standard InChI is InChI=1S/C34H25F9O3S/c35-31(36,33(39,40)41)32(37,38)34(42,43)47(44,45)21-23-11-13-25(14-12-23)30-28(24-9-5-2-6-10-24)17-15-26-19-27(16-18-29(26)30)46-20-22-7-3-1-4-8-22/h1-14,16,18-19H,15,17,20-21H2. The van der Waals surface area contributed by atoms with Crippen molar-refractivity contribution < 1.29 is 52.7 Å². The first-order chi connectivity index (χ1) is 22.0. The summed E-state index contributed by atoms with van der Waals surface area (Å²) in [4.78, 5) is 0. The molecule has 0 radical (unpaired) electrons. The van der Waals surface area contributed by atoms with Gasteiger partial charge in [-0.25, -0.2) is 8.42 Å². The number of hydrogen-bond acceptors (Lipinski definition) is 3. The fourth-order valence-corrected chi connectivity index (χ4v) is 6.62. The van der Waals surface area contributed by atoms with E-state index < -0.39 is 44.4 Å². The van der Waals surface area contributed by atoms with Gasteiger partial charge in [0.25, 0.3) is 0 Å². The van der Waals surface area contributed by atoms with E-state index in [0.29, 0.717) is 36.3 Å². The fraction of sp³-hybridized carbons (Fsp3) is 0.235. The molecule has 0 N–H and O–H groups in total. The lowest BCUT2D eigenvalue weighted by Gasteiger charge is -2.33. The molecule has 4 aromatic rings. The van der Waals surface area contributed by atoms with Crippen molar-refractivity contribution in [3.05, 3.63) is 137 Å². The van der Waals surface area contributed by atoms with Crippen LogP contribution in [-0.4, -0.2) is 31.7 Å². The molecule has 1 aliphatic rings. The zero-order valence-electron chi connectivity index (χ0n) is 24.2. The number of sulfone groups is 1. The van der Waals surface area contributed by atoms with Gasteiger partial charge in [0, 0.05) is 0 Å². The lowest BCUT2D eigenvalue weighted by molar-refractivity contribution is -0.382. The molecule has 0 unspecified atom stereocenters. The van der Waals surface area contributed by atoms with E-state index >= 15 is 0 Å². The zero-order valence-corrected chi connectivity index (χ0v) is 25.0. The monoisotopic (exact) mass is 684 g/mol. The molecule has 13 heteroatoms. The number of ether oxygens (including phenoxy) is 1. The summed E-state index contributed by atoms with van der Waals surface area (Å²) in [7, 11) is -6.57. The van der Waals surface area contributed by atoms with Crippen molar-refractivity contribution in [2.24, 2.45) is 0 Å². The highest BCUT2D eigenvalue weighted by Crippen LogP contribution is 2.55. The second-order valence-electron chi connectivity index (χ2n) is 10.9. The lowest BCUT2D eigenvalue weighted by atomic mass is 9.79. The highest BCUT2D eigenvalue weighted by molar-refractivity contribution is 7.91. The van der Waals surface area contributed by atoms with E-state index in [9.17, 15) is 47.9 Å². The van der Waals surface area contributed by atoms with Crippen LogP contribution in [0, 0.1) is 0 Å². The molecule has 5 rings (SSSR count). The maximum atomic E-state index is 14.3. The average Bonchev–Trinajstić information content (AvgIpc) is 3.03. The first-order valence-corrected chi connectivity index (χ1v) is 15.7. The molecule has 1 aliphatic carbocycles. The Kier molecular flexibility index (Phi) is 8.99. The third kappa shape index (κ3) is 6.37. The minimum Gasteiger partial charge on any atom is -0.489 e. The number of hydrogen-bond donors (Lipinski definition) is 0. The van der Waals surface area contributed by atoms with Crippen molar-refractivity contribution in [2.75, 3.05) is 0 Å². The molecule has 0 aromatic heterocycles. The van der Waals surface area contributed by atoms with Crippen LogP contribution in [0.3, 0.4) is 0 Å². The fourth-order valence-electron chi connectivity index (χ4n) is 5.29. The molecule has 3 nitrogen and oxygen atoms in total. The molecule has 47 heavy (non-hydrogen) atoms. The van der Waals surface area contributed by atoms with E-state index in [2.05, 4.69) is 0 Å². The predicted octanol–water partition coefficient (Wildman–Crippen LogP) is 9.51. The summed E-state index contributed by atoms with van der Waals surface area (Å²) in [5, 5.41) is -6.75. The molecule has 0 saturated carbocycles. The Balaban J connectivity index is 1.47. The van der Waals surface area contributed by atoms with Gasteiger partial charge in [-0.05, 0) is 69.5 Å². The summed E-state index contributed by atoms with van der Waals surface area (Å²) in [6, 6.07) is 29.0. The number of allylic oxidation sites excluding steroid dienone is 1. The van der Waals surface area contributed by atoms with Gasteiger partial charge in [0.15, 0.2) is 0 Å². The maximum absolute atomic E-state index is 14.3. The number of fused-ring (bicyclic) bond motifs is 1. The summed E-state index contributed by atoms with van der Waals surface area (Å²) in [5.74, 6) is -15.9. The van der Waals surface area contributed by atoms with Crippen LogP contribution in [-0.2, 0) is 28.6 Å². The number of halogens is 9. The van der Waals surface area contributed by atoms with Gasteiger partial charge in [-0.2, -0.15) is 39.5 Å². The van der Waals surface area contributed by atoms with E-state index in [1.165, 1.54) is 12.1 Å². The Hall–Kier alpha value is -4.26. The Morgan fingerprint density at radius 1 is 0.617 bits per heavy atom. The van der Waals surface area contributed by atoms with Gasteiger partial charge in [0.05, 0.1) is 5.75 Å². The van der Waals surface area contributed by atoms with Crippen molar-refractivity contribution in [3.63, 3.8) is 0 Å². The van der Waals surface area contributed by atoms with Crippen LogP contribution in [0.4, 0.5) is 39.5 Å². The van der Waals surface area contributed by atoms with Gasteiger partial charge in [0.1, 0.15) is 12.4 Å². The Morgan fingerprint density at radius 3 is 1.81 bits per heavy atom. The highest BCUT2D eigenvalue weighted by Gasteiger charge is 2.85. The normalized spacial score (nSPS) is 14.6. The van der Waals surface area contributed by atoms with Gasteiger partial charge in [-0.15, -0.1) is 0 Å². The van der Waals surface area contributed by atoms with E-state index in [4.69, 9.17) is 4.74 Å². The number of alkyl halides is 9. The van der Waals surface area contributed by atoms with E-state index in [0.717, 1.165) is 40.0 Å². The largest absolute Gasteiger partial charge is 0.489 e.